The Balaban J connectivity index is 1.98. The van der Waals surface area contributed by atoms with E-state index in [-0.39, 0.29) is 0 Å². The maximum atomic E-state index is 5.56. The van der Waals surface area contributed by atoms with Crippen LogP contribution < -0.4 is 0 Å². The number of fused-ring (bicyclic) bond motifs is 3. The quantitative estimate of drug-likeness (QED) is 0.391. The summed E-state index contributed by atoms with van der Waals surface area (Å²) in [7, 11) is 0. The van der Waals surface area contributed by atoms with Crippen LogP contribution in [0.15, 0.2) is 18.2 Å². The minimum absolute atomic E-state index is 0.760. The Bertz CT molecular complexity index is 1220. The zero-order valence-corrected chi connectivity index (χ0v) is 19.3. The van der Waals surface area contributed by atoms with E-state index in [1.54, 1.807) is 0 Å². The third-order valence-electron chi connectivity index (χ3n) is 5.98. The Morgan fingerprint density at radius 3 is 2.27 bits per heavy atom. The van der Waals surface area contributed by atoms with Gasteiger partial charge in [-0.3, -0.25) is 0 Å². The first-order valence-electron chi connectivity index (χ1n) is 10.8. The van der Waals surface area contributed by atoms with Crippen molar-refractivity contribution in [3.8, 4) is 11.1 Å². The summed E-state index contributed by atoms with van der Waals surface area (Å²) in [6.07, 6.45) is 0.977. The number of aromatic nitrogens is 4. The second-order valence-corrected chi connectivity index (χ2v) is 8.39. The van der Waals surface area contributed by atoms with Gasteiger partial charge in [-0.2, -0.15) is 9.61 Å². The third-order valence-corrected chi connectivity index (χ3v) is 5.98. The van der Waals surface area contributed by atoms with Crippen LogP contribution in [0.4, 0.5) is 0 Å². The van der Waals surface area contributed by atoms with E-state index in [1.807, 2.05) is 6.92 Å². The van der Waals surface area contributed by atoms with Crippen LogP contribution in [0.2, 0.25) is 0 Å². The van der Waals surface area contributed by atoms with E-state index in [2.05, 4.69) is 68.8 Å². The Labute approximate surface area is 178 Å². The highest BCUT2D eigenvalue weighted by Gasteiger charge is 2.21. The molecule has 0 bridgehead atoms. The minimum Gasteiger partial charge on any atom is -0.382 e. The van der Waals surface area contributed by atoms with E-state index in [0.29, 0.717) is 0 Å². The second kappa shape index (κ2) is 7.88. The van der Waals surface area contributed by atoms with Gasteiger partial charge in [0.05, 0.1) is 17.0 Å². The van der Waals surface area contributed by atoms with Gasteiger partial charge in [-0.1, -0.05) is 17.7 Å². The summed E-state index contributed by atoms with van der Waals surface area (Å²) in [6, 6.07) is 6.73. The molecule has 1 aromatic carbocycles. The molecule has 0 N–H and O–H groups in total. The third kappa shape index (κ3) is 3.31. The van der Waals surface area contributed by atoms with Crippen LogP contribution in [0.1, 0.15) is 47.1 Å². The van der Waals surface area contributed by atoms with Crippen molar-refractivity contribution in [2.45, 2.75) is 61.4 Å². The van der Waals surface area contributed by atoms with E-state index >= 15 is 0 Å². The average molecular weight is 405 g/mol. The molecule has 5 nitrogen and oxygen atoms in total. The molecule has 0 amide bonds. The predicted molar refractivity (Wildman–Crippen MR) is 123 cm³/mol. The largest absolute Gasteiger partial charge is 0.382 e. The molecule has 30 heavy (non-hydrogen) atoms. The fourth-order valence-corrected chi connectivity index (χ4v) is 4.76. The molecule has 158 valence electrons. The molecule has 0 radical (unpaired) electrons. The molecule has 0 saturated carbocycles. The average Bonchev–Trinajstić information content (AvgIpc) is 3.16. The topological polar surface area (TPSA) is 44.3 Å². The number of hydrogen-bond acceptors (Lipinski definition) is 3. The van der Waals surface area contributed by atoms with Crippen molar-refractivity contribution in [1.82, 2.24) is 19.2 Å². The molecular weight excluding hydrogens is 372 g/mol. The van der Waals surface area contributed by atoms with Crippen LogP contribution in [-0.4, -0.2) is 32.4 Å². The molecule has 4 rings (SSSR count). The fraction of sp³-hybridized carbons (Fsp3) is 0.440. The first-order valence-corrected chi connectivity index (χ1v) is 10.8. The molecule has 0 aliphatic carbocycles. The molecule has 0 aliphatic rings. The summed E-state index contributed by atoms with van der Waals surface area (Å²) >= 11 is 0. The minimum atomic E-state index is 0.760. The number of benzene rings is 1. The van der Waals surface area contributed by atoms with Crippen molar-refractivity contribution in [2.24, 2.45) is 0 Å². The molecule has 0 atom stereocenters. The molecule has 0 spiro atoms. The van der Waals surface area contributed by atoms with Crippen molar-refractivity contribution in [3.05, 3.63) is 52.0 Å². The van der Waals surface area contributed by atoms with Crippen LogP contribution in [-0.2, 0) is 11.3 Å². The second-order valence-electron chi connectivity index (χ2n) is 8.39. The summed E-state index contributed by atoms with van der Waals surface area (Å²) in [6.45, 7) is 17.4. The molecule has 5 heteroatoms. The van der Waals surface area contributed by atoms with Gasteiger partial charge in [0, 0.05) is 30.8 Å². The van der Waals surface area contributed by atoms with E-state index < -0.39 is 0 Å². The molecular formula is C25H32N4O. The highest BCUT2D eigenvalue weighted by molar-refractivity contribution is 5.90. The molecule has 4 aromatic rings. The lowest BCUT2D eigenvalue weighted by Crippen LogP contribution is -2.08. The molecule has 3 heterocycles. The molecule has 3 aromatic heterocycles. The zero-order valence-electron chi connectivity index (χ0n) is 19.3. The number of hydrogen-bond donors (Lipinski definition) is 0. The van der Waals surface area contributed by atoms with Crippen LogP contribution in [0, 0.1) is 41.5 Å². The standard InChI is InChI=1S/C25H32N4O/c1-8-30-11-9-10-28-18(5)14-21-19(6)26-24-23(20(7)27-29(24)25(21)28)22-16(3)12-15(2)13-17(22)4/h12-14H,8-11H2,1-7H3. The van der Waals surface area contributed by atoms with E-state index in [4.69, 9.17) is 14.8 Å². The van der Waals surface area contributed by atoms with Crippen LogP contribution >= 0.6 is 0 Å². The summed E-state index contributed by atoms with van der Waals surface area (Å²) in [5, 5.41) is 6.15. The number of nitrogens with zero attached hydrogens (tertiary/aromatic N) is 4. The molecule has 0 unspecified atom stereocenters. The van der Waals surface area contributed by atoms with Gasteiger partial charge in [-0.15, -0.1) is 0 Å². The zero-order chi connectivity index (χ0) is 21.6. The highest BCUT2D eigenvalue weighted by Crippen LogP contribution is 2.35. The summed E-state index contributed by atoms with van der Waals surface area (Å²) < 4.78 is 9.98. The lowest BCUT2D eigenvalue weighted by atomic mass is 9.94. The van der Waals surface area contributed by atoms with Gasteiger partial charge in [0.25, 0.3) is 0 Å². The van der Waals surface area contributed by atoms with Gasteiger partial charge in [-0.25, -0.2) is 4.98 Å². The summed E-state index contributed by atoms with van der Waals surface area (Å²) in [5.41, 5.74) is 11.6. The maximum Gasteiger partial charge on any atom is 0.165 e. The van der Waals surface area contributed by atoms with Gasteiger partial charge in [0.1, 0.15) is 5.65 Å². The van der Waals surface area contributed by atoms with E-state index in [9.17, 15) is 0 Å². The Kier molecular flexibility index (Phi) is 5.41. The smallest absolute Gasteiger partial charge is 0.165 e. The SMILES string of the molecule is CCOCCCn1c(C)cc2c(C)nc3c(-c4c(C)cc(C)cc4C)c(C)nn3c21. The van der Waals surface area contributed by atoms with Gasteiger partial charge >= 0.3 is 0 Å². The van der Waals surface area contributed by atoms with Crippen molar-refractivity contribution in [1.29, 1.82) is 0 Å². The first kappa shape index (κ1) is 20.6. The monoisotopic (exact) mass is 404 g/mol. The van der Waals surface area contributed by atoms with Crippen molar-refractivity contribution < 1.29 is 4.74 Å². The number of aryl methyl sites for hydroxylation is 7. The maximum absolute atomic E-state index is 5.56. The van der Waals surface area contributed by atoms with Crippen LogP contribution in [0.25, 0.3) is 27.8 Å². The van der Waals surface area contributed by atoms with Gasteiger partial charge < -0.3 is 9.30 Å². The highest BCUT2D eigenvalue weighted by atomic mass is 16.5. The Hall–Kier alpha value is -2.66. The number of ether oxygens (including phenoxy) is 1. The lowest BCUT2D eigenvalue weighted by molar-refractivity contribution is 0.142. The fourth-order valence-electron chi connectivity index (χ4n) is 4.76. The van der Waals surface area contributed by atoms with E-state index in [1.165, 1.54) is 33.3 Å². The lowest BCUT2D eigenvalue weighted by Gasteiger charge is -2.12. The first-order chi connectivity index (χ1) is 14.3. The predicted octanol–water partition coefficient (Wildman–Crippen LogP) is 5.63. The summed E-state index contributed by atoms with van der Waals surface area (Å²) in [4.78, 5) is 5.03. The van der Waals surface area contributed by atoms with Crippen LogP contribution in [0.3, 0.4) is 0 Å². The molecule has 0 fully saturated rings. The van der Waals surface area contributed by atoms with Crippen molar-refractivity contribution in [2.75, 3.05) is 13.2 Å². The Morgan fingerprint density at radius 1 is 0.900 bits per heavy atom. The Morgan fingerprint density at radius 2 is 1.60 bits per heavy atom. The van der Waals surface area contributed by atoms with E-state index in [0.717, 1.165) is 54.4 Å². The van der Waals surface area contributed by atoms with Gasteiger partial charge in [-0.05, 0) is 77.6 Å². The van der Waals surface area contributed by atoms with Crippen molar-refractivity contribution >= 4 is 16.7 Å². The van der Waals surface area contributed by atoms with Crippen LogP contribution in [0.5, 0.6) is 0 Å². The molecule has 0 aliphatic heterocycles. The summed E-state index contributed by atoms with van der Waals surface area (Å²) in [5.74, 6) is 0. The molecule has 0 saturated heterocycles. The normalized spacial score (nSPS) is 11.8. The van der Waals surface area contributed by atoms with Gasteiger partial charge in [0.2, 0.25) is 0 Å². The van der Waals surface area contributed by atoms with Gasteiger partial charge in [0.15, 0.2) is 5.65 Å². The van der Waals surface area contributed by atoms with Crippen molar-refractivity contribution in [3.63, 3.8) is 0 Å². The number of rotatable bonds is 6.